The van der Waals surface area contributed by atoms with Crippen LogP contribution >= 0.6 is 0 Å². The first-order valence-electron chi connectivity index (χ1n) is 8.49. The van der Waals surface area contributed by atoms with Crippen LogP contribution in [0.2, 0.25) is 0 Å². The molecular formula is C17H30N2O2. The molecule has 0 spiro atoms. The second-order valence-electron chi connectivity index (χ2n) is 7.55. The molecule has 120 valence electrons. The lowest BCUT2D eigenvalue weighted by molar-refractivity contribution is -0.131. The zero-order chi connectivity index (χ0) is 15.6. The number of hydrogen-bond acceptors (Lipinski definition) is 2. The molecule has 2 N–H and O–H groups in total. The lowest BCUT2D eigenvalue weighted by Gasteiger charge is -2.25. The zero-order valence-corrected chi connectivity index (χ0v) is 13.8. The molecule has 2 aliphatic carbocycles. The molecule has 2 fully saturated rings. The Morgan fingerprint density at radius 3 is 1.81 bits per heavy atom. The van der Waals surface area contributed by atoms with Gasteiger partial charge in [0.05, 0.1) is 0 Å². The molecule has 4 heteroatoms. The van der Waals surface area contributed by atoms with E-state index in [9.17, 15) is 9.59 Å². The molecule has 1 atom stereocenters. The summed E-state index contributed by atoms with van der Waals surface area (Å²) in [6.07, 6.45) is 5.68. The molecule has 2 amide bonds. The van der Waals surface area contributed by atoms with E-state index >= 15 is 0 Å². The summed E-state index contributed by atoms with van der Waals surface area (Å²) in [6.45, 7) is 7.88. The van der Waals surface area contributed by atoms with Crippen molar-refractivity contribution in [2.75, 3.05) is 0 Å². The largest absolute Gasteiger partial charge is 0.351 e. The predicted octanol–water partition coefficient (Wildman–Crippen LogP) is 2.48. The Morgan fingerprint density at radius 1 is 0.905 bits per heavy atom. The van der Waals surface area contributed by atoms with Gasteiger partial charge in [0.25, 0.3) is 0 Å². The fourth-order valence-corrected chi connectivity index (χ4v) is 2.84. The van der Waals surface area contributed by atoms with Crippen molar-refractivity contribution < 1.29 is 9.59 Å². The van der Waals surface area contributed by atoms with E-state index in [2.05, 4.69) is 24.5 Å². The predicted molar refractivity (Wildman–Crippen MR) is 83.6 cm³/mol. The molecule has 0 aromatic heterocycles. The maximum Gasteiger partial charge on any atom is 0.242 e. The van der Waals surface area contributed by atoms with Gasteiger partial charge in [0, 0.05) is 12.0 Å². The van der Waals surface area contributed by atoms with Crippen LogP contribution in [-0.4, -0.2) is 23.9 Å². The quantitative estimate of drug-likeness (QED) is 0.722. The minimum atomic E-state index is -0.389. The van der Waals surface area contributed by atoms with E-state index in [4.69, 9.17) is 0 Å². The summed E-state index contributed by atoms with van der Waals surface area (Å²) >= 11 is 0. The monoisotopic (exact) mass is 294 g/mol. The van der Waals surface area contributed by atoms with Crippen molar-refractivity contribution >= 4 is 11.8 Å². The van der Waals surface area contributed by atoms with Gasteiger partial charge in [0.15, 0.2) is 0 Å². The molecule has 4 nitrogen and oxygen atoms in total. The van der Waals surface area contributed by atoms with Gasteiger partial charge in [-0.3, -0.25) is 9.59 Å². The van der Waals surface area contributed by atoms with Gasteiger partial charge in [-0.2, -0.15) is 0 Å². The molecule has 2 aliphatic rings. The number of nitrogens with one attached hydrogen (secondary N) is 2. The zero-order valence-electron chi connectivity index (χ0n) is 13.8. The molecule has 0 aromatic carbocycles. The highest BCUT2D eigenvalue weighted by Gasteiger charge is 2.43. The van der Waals surface area contributed by atoms with Crippen LogP contribution in [0.3, 0.4) is 0 Å². The van der Waals surface area contributed by atoms with Crippen LogP contribution in [0, 0.1) is 23.7 Å². The maximum absolute atomic E-state index is 12.6. The average Bonchev–Trinajstić information content (AvgIpc) is 3.27. The first-order valence-corrected chi connectivity index (χ1v) is 8.49. The Labute approximate surface area is 128 Å². The van der Waals surface area contributed by atoms with Gasteiger partial charge >= 0.3 is 0 Å². The molecule has 0 aromatic rings. The summed E-state index contributed by atoms with van der Waals surface area (Å²) in [5.74, 6) is 1.64. The lowest BCUT2D eigenvalue weighted by atomic mass is 10.0. The maximum atomic E-state index is 12.6. The molecular weight excluding hydrogens is 264 g/mol. The lowest BCUT2D eigenvalue weighted by Crippen LogP contribution is -2.52. The highest BCUT2D eigenvalue weighted by molar-refractivity contribution is 5.88. The van der Waals surface area contributed by atoms with Gasteiger partial charge in [0.2, 0.25) is 11.8 Å². The molecule has 0 saturated heterocycles. The van der Waals surface area contributed by atoms with Crippen LogP contribution in [-0.2, 0) is 9.59 Å². The standard InChI is InChI=1S/C17H30N2O2/c1-10(2)9-14(18-16(20)11(3)4)17(21)19-15(12-5-6-12)13-7-8-13/h10-15H,5-9H2,1-4H3,(H,18,20)(H,19,21)/t14-/m1/s1. The Bertz CT molecular complexity index is 372. The smallest absolute Gasteiger partial charge is 0.242 e. The molecule has 2 saturated carbocycles. The van der Waals surface area contributed by atoms with Crippen LogP contribution in [0.15, 0.2) is 0 Å². The highest BCUT2D eigenvalue weighted by Crippen LogP contribution is 2.44. The number of amides is 2. The summed E-state index contributed by atoms with van der Waals surface area (Å²) in [6, 6.07) is -0.0389. The summed E-state index contributed by atoms with van der Waals surface area (Å²) in [5, 5.41) is 6.16. The van der Waals surface area contributed by atoms with Crippen LogP contribution < -0.4 is 10.6 Å². The van der Waals surface area contributed by atoms with Gasteiger partial charge in [-0.05, 0) is 49.9 Å². The molecule has 0 radical (unpaired) electrons. The number of rotatable bonds is 8. The first-order chi connectivity index (χ1) is 9.88. The van der Waals surface area contributed by atoms with E-state index in [1.54, 1.807) is 0 Å². The minimum absolute atomic E-state index is 0.0153. The van der Waals surface area contributed by atoms with Crippen LogP contribution in [0.4, 0.5) is 0 Å². The van der Waals surface area contributed by atoms with Crippen molar-refractivity contribution in [2.24, 2.45) is 23.7 Å². The third-order valence-electron chi connectivity index (χ3n) is 4.43. The van der Waals surface area contributed by atoms with Gasteiger partial charge in [-0.1, -0.05) is 27.7 Å². The number of hydrogen-bond donors (Lipinski definition) is 2. The van der Waals surface area contributed by atoms with E-state index in [0.29, 0.717) is 30.2 Å². The fourth-order valence-electron chi connectivity index (χ4n) is 2.84. The van der Waals surface area contributed by atoms with Crippen molar-refractivity contribution in [3.8, 4) is 0 Å². The van der Waals surface area contributed by atoms with Gasteiger partial charge in [0.1, 0.15) is 6.04 Å². The molecule has 0 aliphatic heterocycles. The second-order valence-corrected chi connectivity index (χ2v) is 7.55. The van der Waals surface area contributed by atoms with Crippen molar-refractivity contribution in [1.82, 2.24) is 10.6 Å². The third-order valence-corrected chi connectivity index (χ3v) is 4.43. The summed E-state index contributed by atoms with van der Waals surface area (Å²) in [5.41, 5.74) is 0. The van der Waals surface area contributed by atoms with Crippen molar-refractivity contribution in [1.29, 1.82) is 0 Å². The second kappa shape index (κ2) is 6.80. The third kappa shape index (κ3) is 5.01. The van der Waals surface area contributed by atoms with Gasteiger partial charge in [-0.25, -0.2) is 0 Å². The summed E-state index contributed by atoms with van der Waals surface area (Å²) in [7, 11) is 0. The van der Waals surface area contributed by atoms with Gasteiger partial charge in [-0.15, -0.1) is 0 Å². The number of carbonyl (C=O) groups is 2. The molecule has 0 bridgehead atoms. The van der Waals surface area contributed by atoms with Crippen molar-refractivity contribution in [2.45, 2.75) is 71.9 Å². The van der Waals surface area contributed by atoms with Crippen LogP contribution in [0.5, 0.6) is 0 Å². The van der Waals surface area contributed by atoms with E-state index in [1.165, 1.54) is 25.7 Å². The highest BCUT2D eigenvalue weighted by atomic mass is 16.2. The minimum Gasteiger partial charge on any atom is -0.351 e. The Kier molecular flexibility index (Phi) is 5.28. The van der Waals surface area contributed by atoms with Gasteiger partial charge < -0.3 is 10.6 Å². The van der Waals surface area contributed by atoms with E-state index in [-0.39, 0.29) is 23.8 Å². The van der Waals surface area contributed by atoms with Crippen LogP contribution in [0.25, 0.3) is 0 Å². The van der Waals surface area contributed by atoms with Crippen LogP contribution in [0.1, 0.15) is 59.8 Å². The Morgan fingerprint density at radius 2 is 1.43 bits per heavy atom. The SMILES string of the molecule is CC(C)C[C@@H](NC(=O)C(C)C)C(=O)NC(C1CC1)C1CC1. The Hall–Kier alpha value is -1.06. The summed E-state index contributed by atoms with van der Waals surface area (Å²) < 4.78 is 0. The van der Waals surface area contributed by atoms with E-state index < -0.39 is 0 Å². The molecule has 0 heterocycles. The fraction of sp³-hybridized carbons (Fsp3) is 0.882. The number of carbonyl (C=O) groups excluding carboxylic acids is 2. The van der Waals surface area contributed by atoms with E-state index in [0.717, 1.165) is 0 Å². The first kappa shape index (κ1) is 16.3. The van der Waals surface area contributed by atoms with Crippen molar-refractivity contribution in [3.63, 3.8) is 0 Å². The van der Waals surface area contributed by atoms with Crippen molar-refractivity contribution in [3.05, 3.63) is 0 Å². The molecule has 2 rings (SSSR count). The summed E-state index contributed by atoms with van der Waals surface area (Å²) in [4.78, 5) is 24.5. The average molecular weight is 294 g/mol. The Balaban J connectivity index is 1.93. The molecule has 0 unspecified atom stereocenters. The normalized spacial score (nSPS) is 20.0. The molecule has 21 heavy (non-hydrogen) atoms. The topological polar surface area (TPSA) is 58.2 Å². The van der Waals surface area contributed by atoms with E-state index in [1.807, 2.05) is 13.8 Å².